The first-order valence-electron chi connectivity index (χ1n) is 10.0. The van der Waals surface area contributed by atoms with E-state index >= 15 is 0 Å². The minimum absolute atomic E-state index is 0.0131. The molecule has 2 heterocycles. The van der Waals surface area contributed by atoms with E-state index in [1.807, 2.05) is 38.1 Å². The molecule has 0 fully saturated rings. The van der Waals surface area contributed by atoms with E-state index in [0.29, 0.717) is 28.1 Å². The number of anilines is 2. The average molecular weight is 454 g/mol. The second kappa shape index (κ2) is 8.91. The second-order valence-corrected chi connectivity index (χ2v) is 8.40. The Morgan fingerprint density at radius 1 is 1.28 bits per heavy atom. The lowest BCUT2D eigenvalue weighted by atomic mass is 10.1. The fourth-order valence-corrected chi connectivity index (χ4v) is 4.26. The molecule has 1 aliphatic rings. The molecule has 2 amide bonds. The van der Waals surface area contributed by atoms with Crippen LogP contribution in [-0.4, -0.2) is 44.0 Å². The molecule has 0 bridgehead atoms. The van der Waals surface area contributed by atoms with Crippen LogP contribution in [0.5, 0.6) is 11.5 Å². The number of nitrogens with zero attached hydrogens (tertiary/aromatic N) is 4. The SMILES string of the molecule is Cc1ccc(O)c(NC(=O)CSc2nnc([C@H](C)N3C(=O)COc4ccccc43)n2C)c1. The normalized spacial score (nSPS) is 14.0. The number of aromatic hydroxyl groups is 1. The number of hydrogen-bond acceptors (Lipinski definition) is 7. The van der Waals surface area contributed by atoms with E-state index in [4.69, 9.17) is 4.74 Å². The molecule has 0 saturated carbocycles. The van der Waals surface area contributed by atoms with Crippen LogP contribution in [0.15, 0.2) is 47.6 Å². The van der Waals surface area contributed by atoms with Gasteiger partial charge in [-0.3, -0.25) is 14.5 Å². The van der Waals surface area contributed by atoms with Crippen LogP contribution in [0.1, 0.15) is 24.4 Å². The molecular formula is C22H23N5O4S. The standard InChI is InChI=1S/C22H23N5O4S/c1-13-8-9-17(28)15(10-13)23-19(29)12-32-22-25-24-21(26(22)3)14(2)27-16-6-4-5-7-18(16)31-11-20(27)30/h4-10,14,28H,11-12H2,1-3H3,(H,23,29)/t14-/m0/s1. The Bertz CT molecular complexity index is 1180. The molecule has 1 aromatic heterocycles. The van der Waals surface area contributed by atoms with Crippen LogP contribution >= 0.6 is 11.8 Å². The number of thioether (sulfide) groups is 1. The van der Waals surface area contributed by atoms with Gasteiger partial charge in [-0.05, 0) is 43.7 Å². The van der Waals surface area contributed by atoms with Gasteiger partial charge in [-0.2, -0.15) is 0 Å². The van der Waals surface area contributed by atoms with Crippen LogP contribution in [0, 0.1) is 6.92 Å². The van der Waals surface area contributed by atoms with Crippen LogP contribution in [0.3, 0.4) is 0 Å². The molecule has 10 heteroatoms. The molecule has 2 aromatic carbocycles. The first-order chi connectivity index (χ1) is 15.3. The number of rotatable bonds is 6. The summed E-state index contributed by atoms with van der Waals surface area (Å²) in [7, 11) is 1.80. The van der Waals surface area contributed by atoms with Gasteiger partial charge in [-0.15, -0.1) is 10.2 Å². The van der Waals surface area contributed by atoms with Crippen molar-refractivity contribution in [2.75, 3.05) is 22.6 Å². The highest BCUT2D eigenvalue weighted by molar-refractivity contribution is 7.99. The summed E-state index contributed by atoms with van der Waals surface area (Å²) in [6.45, 7) is 3.72. The lowest BCUT2D eigenvalue weighted by Gasteiger charge is -2.33. The first kappa shape index (κ1) is 21.7. The van der Waals surface area contributed by atoms with E-state index in [2.05, 4.69) is 15.5 Å². The zero-order valence-corrected chi connectivity index (χ0v) is 18.7. The van der Waals surface area contributed by atoms with Gasteiger partial charge in [0.2, 0.25) is 5.91 Å². The maximum Gasteiger partial charge on any atom is 0.265 e. The summed E-state index contributed by atoms with van der Waals surface area (Å²) < 4.78 is 7.29. The molecule has 0 spiro atoms. The van der Waals surface area contributed by atoms with Gasteiger partial charge < -0.3 is 19.7 Å². The van der Waals surface area contributed by atoms with Gasteiger partial charge >= 0.3 is 0 Å². The molecule has 1 atom stereocenters. The molecule has 2 N–H and O–H groups in total. The highest BCUT2D eigenvalue weighted by Gasteiger charge is 2.32. The van der Waals surface area contributed by atoms with Gasteiger partial charge in [-0.1, -0.05) is 30.0 Å². The van der Waals surface area contributed by atoms with Gasteiger partial charge in [0, 0.05) is 7.05 Å². The van der Waals surface area contributed by atoms with E-state index in [9.17, 15) is 14.7 Å². The number of aryl methyl sites for hydroxylation is 1. The predicted octanol–water partition coefficient (Wildman–Crippen LogP) is 3.05. The third-order valence-electron chi connectivity index (χ3n) is 5.13. The number of aromatic nitrogens is 3. The molecule has 0 unspecified atom stereocenters. The van der Waals surface area contributed by atoms with E-state index in [-0.39, 0.29) is 36.0 Å². The molecule has 3 aromatic rings. The minimum Gasteiger partial charge on any atom is -0.506 e. The molecule has 166 valence electrons. The molecule has 32 heavy (non-hydrogen) atoms. The fourth-order valence-electron chi connectivity index (χ4n) is 3.54. The summed E-state index contributed by atoms with van der Waals surface area (Å²) in [5, 5.41) is 21.6. The molecule has 0 aliphatic carbocycles. The van der Waals surface area contributed by atoms with Crippen molar-refractivity contribution in [3.63, 3.8) is 0 Å². The van der Waals surface area contributed by atoms with E-state index in [1.165, 1.54) is 11.8 Å². The maximum atomic E-state index is 12.6. The van der Waals surface area contributed by atoms with Crippen molar-refractivity contribution < 1.29 is 19.4 Å². The molecule has 0 radical (unpaired) electrons. The third kappa shape index (κ3) is 4.26. The molecular weight excluding hydrogens is 430 g/mol. The smallest absolute Gasteiger partial charge is 0.265 e. The molecule has 9 nitrogen and oxygen atoms in total. The topological polar surface area (TPSA) is 110 Å². The van der Waals surface area contributed by atoms with Crippen molar-refractivity contribution >= 4 is 35.0 Å². The zero-order chi connectivity index (χ0) is 22.8. The van der Waals surface area contributed by atoms with Gasteiger partial charge in [0.1, 0.15) is 11.5 Å². The van der Waals surface area contributed by atoms with Crippen molar-refractivity contribution in [1.29, 1.82) is 0 Å². The van der Waals surface area contributed by atoms with E-state index in [1.54, 1.807) is 34.7 Å². The van der Waals surface area contributed by atoms with E-state index < -0.39 is 0 Å². The first-order valence-corrected chi connectivity index (χ1v) is 11.0. The third-order valence-corrected chi connectivity index (χ3v) is 6.15. The average Bonchev–Trinajstić information content (AvgIpc) is 3.14. The maximum absolute atomic E-state index is 12.6. The number of amides is 2. The summed E-state index contributed by atoms with van der Waals surface area (Å²) in [4.78, 5) is 26.6. The Balaban J connectivity index is 1.46. The number of phenols is 1. The lowest BCUT2D eigenvalue weighted by molar-refractivity contribution is -0.121. The van der Waals surface area contributed by atoms with Crippen molar-refractivity contribution in [3.05, 3.63) is 53.9 Å². The zero-order valence-electron chi connectivity index (χ0n) is 17.9. The van der Waals surface area contributed by atoms with Gasteiger partial charge in [0.15, 0.2) is 17.6 Å². The Hall–Kier alpha value is -3.53. The summed E-state index contributed by atoms with van der Waals surface area (Å²) in [5.41, 5.74) is 1.98. The highest BCUT2D eigenvalue weighted by atomic mass is 32.2. The highest BCUT2D eigenvalue weighted by Crippen LogP contribution is 2.37. The van der Waals surface area contributed by atoms with Crippen LogP contribution in [0.25, 0.3) is 0 Å². The minimum atomic E-state index is -0.377. The lowest BCUT2D eigenvalue weighted by Crippen LogP contribution is -2.41. The number of nitrogens with one attached hydrogen (secondary N) is 1. The fraction of sp³-hybridized carbons (Fsp3) is 0.273. The van der Waals surface area contributed by atoms with E-state index in [0.717, 1.165) is 5.56 Å². The van der Waals surface area contributed by atoms with Crippen LogP contribution < -0.4 is 15.0 Å². The monoisotopic (exact) mass is 453 g/mol. The Morgan fingerprint density at radius 3 is 2.88 bits per heavy atom. The molecule has 4 rings (SSSR count). The quantitative estimate of drug-likeness (QED) is 0.436. The number of benzene rings is 2. The Kier molecular flexibility index (Phi) is 6.04. The molecule has 0 saturated heterocycles. The number of hydrogen-bond donors (Lipinski definition) is 2. The summed E-state index contributed by atoms with van der Waals surface area (Å²) in [6, 6.07) is 12.0. The predicted molar refractivity (Wildman–Crippen MR) is 121 cm³/mol. The number of ether oxygens (including phenoxy) is 1. The van der Waals surface area contributed by atoms with Gasteiger partial charge in [0.25, 0.3) is 5.91 Å². The van der Waals surface area contributed by atoms with Crippen LogP contribution in [-0.2, 0) is 16.6 Å². The van der Waals surface area contributed by atoms with Crippen molar-refractivity contribution in [2.45, 2.75) is 25.0 Å². The molecule has 1 aliphatic heterocycles. The second-order valence-electron chi connectivity index (χ2n) is 7.45. The number of para-hydroxylation sites is 2. The number of phenolic OH excluding ortho intramolecular Hbond substituents is 1. The van der Waals surface area contributed by atoms with Crippen LogP contribution in [0.4, 0.5) is 11.4 Å². The Labute approximate surface area is 189 Å². The summed E-state index contributed by atoms with van der Waals surface area (Å²) in [6.07, 6.45) is 0. The van der Waals surface area contributed by atoms with Crippen molar-refractivity contribution in [3.8, 4) is 11.5 Å². The van der Waals surface area contributed by atoms with Gasteiger partial charge in [-0.25, -0.2) is 0 Å². The number of carbonyl (C=O) groups excluding carboxylic acids is 2. The van der Waals surface area contributed by atoms with Crippen molar-refractivity contribution in [1.82, 2.24) is 14.8 Å². The Morgan fingerprint density at radius 2 is 2.06 bits per heavy atom. The van der Waals surface area contributed by atoms with Crippen molar-refractivity contribution in [2.24, 2.45) is 7.05 Å². The number of fused-ring (bicyclic) bond motifs is 1. The summed E-state index contributed by atoms with van der Waals surface area (Å²) in [5.74, 6) is 0.907. The van der Waals surface area contributed by atoms with Gasteiger partial charge in [0.05, 0.1) is 23.2 Å². The summed E-state index contributed by atoms with van der Waals surface area (Å²) >= 11 is 1.22. The van der Waals surface area contributed by atoms with Crippen LogP contribution in [0.2, 0.25) is 0 Å². The number of carbonyl (C=O) groups is 2. The largest absolute Gasteiger partial charge is 0.506 e.